The number of hydrogen-bond donors (Lipinski definition) is 1. The van der Waals surface area contributed by atoms with Crippen molar-refractivity contribution in [3.05, 3.63) is 64.0 Å². The highest BCUT2D eigenvalue weighted by atomic mass is 19.1. The third kappa shape index (κ3) is 3.10. The van der Waals surface area contributed by atoms with Crippen molar-refractivity contribution >= 4 is 5.69 Å². The molecule has 0 radical (unpaired) electrons. The zero-order valence-electron chi connectivity index (χ0n) is 10.6. The lowest BCUT2D eigenvalue weighted by Gasteiger charge is -2.08. The zero-order valence-corrected chi connectivity index (χ0v) is 10.6. The van der Waals surface area contributed by atoms with E-state index in [0.29, 0.717) is 11.3 Å². The molecule has 104 valence electrons. The standard InChI is InChI=1S/C14H12FNO4/c1-9(17)10-2-5-12(6-3-10)20-14-7-4-11(15)8-13(14)16(18)19/h2-9,17H,1H3. The summed E-state index contributed by atoms with van der Waals surface area (Å²) in [6, 6.07) is 9.55. The Morgan fingerprint density at radius 1 is 1.25 bits per heavy atom. The van der Waals surface area contributed by atoms with Gasteiger partial charge < -0.3 is 9.84 Å². The van der Waals surface area contributed by atoms with Gasteiger partial charge in [-0.2, -0.15) is 0 Å². The van der Waals surface area contributed by atoms with Crippen LogP contribution in [0.4, 0.5) is 10.1 Å². The van der Waals surface area contributed by atoms with Gasteiger partial charge in [-0.05, 0) is 36.8 Å². The molecular formula is C14H12FNO4. The van der Waals surface area contributed by atoms with Crippen molar-refractivity contribution in [2.75, 3.05) is 0 Å². The summed E-state index contributed by atoms with van der Waals surface area (Å²) in [5, 5.41) is 20.2. The van der Waals surface area contributed by atoms with E-state index in [1.807, 2.05) is 0 Å². The van der Waals surface area contributed by atoms with Gasteiger partial charge in [-0.1, -0.05) is 12.1 Å². The molecule has 0 amide bonds. The number of hydrogen-bond acceptors (Lipinski definition) is 4. The number of aliphatic hydroxyl groups excluding tert-OH is 1. The molecule has 0 aliphatic carbocycles. The Morgan fingerprint density at radius 2 is 1.90 bits per heavy atom. The SMILES string of the molecule is CC(O)c1ccc(Oc2ccc(F)cc2[N+](=O)[O-])cc1. The number of benzene rings is 2. The predicted molar refractivity (Wildman–Crippen MR) is 70.2 cm³/mol. The summed E-state index contributed by atoms with van der Waals surface area (Å²) < 4.78 is 18.4. The van der Waals surface area contributed by atoms with Crippen molar-refractivity contribution in [2.45, 2.75) is 13.0 Å². The maximum atomic E-state index is 13.0. The fourth-order valence-electron chi connectivity index (χ4n) is 1.66. The molecule has 1 atom stereocenters. The smallest absolute Gasteiger partial charge is 0.314 e. The van der Waals surface area contributed by atoms with Crippen LogP contribution in [-0.2, 0) is 0 Å². The van der Waals surface area contributed by atoms with Crippen LogP contribution in [0.3, 0.4) is 0 Å². The fourth-order valence-corrected chi connectivity index (χ4v) is 1.66. The molecule has 0 saturated heterocycles. The monoisotopic (exact) mass is 277 g/mol. The van der Waals surface area contributed by atoms with Crippen molar-refractivity contribution in [1.29, 1.82) is 0 Å². The largest absolute Gasteiger partial charge is 0.450 e. The van der Waals surface area contributed by atoms with Crippen LogP contribution in [0.5, 0.6) is 11.5 Å². The topological polar surface area (TPSA) is 72.6 Å². The van der Waals surface area contributed by atoms with Crippen LogP contribution in [0.15, 0.2) is 42.5 Å². The van der Waals surface area contributed by atoms with E-state index in [1.54, 1.807) is 31.2 Å². The summed E-state index contributed by atoms with van der Waals surface area (Å²) in [7, 11) is 0. The van der Waals surface area contributed by atoms with Gasteiger partial charge in [-0.25, -0.2) is 4.39 Å². The van der Waals surface area contributed by atoms with Crippen LogP contribution in [0.1, 0.15) is 18.6 Å². The second-order valence-corrected chi connectivity index (χ2v) is 4.22. The van der Waals surface area contributed by atoms with Gasteiger partial charge >= 0.3 is 5.69 Å². The molecule has 6 heteroatoms. The van der Waals surface area contributed by atoms with Crippen molar-refractivity contribution in [3.63, 3.8) is 0 Å². The summed E-state index contributed by atoms with van der Waals surface area (Å²) in [6.07, 6.45) is -0.607. The van der Waals surface area contributed by atoms with Gasteiger partial charge in [0, 0.05) is 0 Å². The van der Waals surface area contributed by atoms with Gasteiger partial charge in [0.15, 0.2) is 0 Å². The molecule has 0 fully saturated rings. The van der Waals surface area contributed by atoms with E-state index in [1.165, 1.54) is 6.07 Å². The van der Waals surface area contributed by atoms with E-state index in [-0.39, 0.29) is 5.75 Å². The Morgan fingerprint density at radius 3 is 2.45 bits per heavy atom. The van der Waals surface area contributed by atoms with Crippen molar-refractivity contribution in [2.24, 2.45) is 0 Å². The molecule has 0 aromatic heterocycles. The average molecular weight is 277 g/mol. The molecule has 1 unspecified atom stereocenters. The summed E-state index contributed by atoms with van der Waals surface area (Å²) in [5.41, 5.74) is 0.260. The van der Waals surface area contributed by atoms with Crippen LogP contribution in [0.2, 0.25) is 0 Å². The Labute approximate surface area is 114 Å². The van der Waals surface area contributed by atoms with Crippen molar-refractivity contribution < 1.29 is 19.2 Å². The second-order valence-electron chi connectivity index (χ2n) is 4.22. The average Bonchev–Trinajstić information content (AvgIpc) is 2.41. The summed E-state index contributed by atoms with van der Waals surface area (Å²) in [6.45, 7) is 1.63. The Balaban J connectivity index is 2.28. The molecule has 0 heterocycles. The van der Waals surface area contributed by atoms with E-state index in [9.17, 15) is 19.6 Å². The Bertz CT molecular complexity index is 626. The van der Waals surface area contributed by atoms with Gasteiger partial charge in [0.25, 0.3) is 0 Å². The Hall–Kier alpha value is -2.47. The first-order valence-electron chi connectivity index (χ1n) is 5.87. The van der Waals surface area contributed by atoms with Crippen LogP contribution in [0.25, 0.3) is 0 Å². The molecule has 2 rings (SSSR count). The van der Waals surface area contributed by atoms with Crippen LogP contribution >= 0.6 is 0 Å². The molecule has 1 N–H and O–H groups in total. The molecule has 5 nitrogen and oxygen atoms in total. The third-order valence-corrected chi connectivity index (χ3v) is 2.71. The number of halogens is 1. The molecule has 0 aliphatic heterocycles. The Kier molecular flexibility index (Phi) is 3.95. The number of nitro groups is 1. The molecule has 2 aromatic rings. The normalized spacial score (nSPS) is 11.9. The summed E-state index contributed by atoms with van der Waals surface area (Å²) >= 11 is 0. The molecular weight excluding hydrogens is 265 g/mol. The number of nitro benzene ring substituents is 1. The first kappa shape index (κ1) is 14.0. The highest BCUT2D eigenvalue weighted by molar-refractivity contribution is 5.48. The minimum atomic E-state index is -0.706. The maximum Gasteiger partial charge on any atom is 0.314 e. The maximum absolute atomic E-state index is 13.0. The predicted octanol–water partition coefficient (Wildman–Crippen LogP) is 3.58. The summed E-state index contributed by atoms with van der Waals surface area (Å²) in [4.78, 5) is 10.1. The minimum absolute atomic E-state index is 0.0406. The number of aliphatic hydroxyl groups is 1. The van der Waals surface area contributed by atoms with E-state index in [0.717, 1.165) is 12.1 Å². The van der Waals surface area contributed by atoms with Crippen LogP contribution in [0, 0.1) is 15.9 Å². The second kappa shape index (κ2) is 5.66. The van der Waals surface area contributed by atoms with E-state index >= 15 is 0 Å². The number of ether oxygens (including phenoxy) is 1. The highest BCUT2D eigenvalue weighted by Gasteiger charge is 2.17. The first-order chi connectivity index (χ1) is 9.47. The molecule has 0 aliphatic rings. The van der Waals surface area contributed by atoms with Crippen molar-refractivity contribution in [1.82, 2.24) is 0 Å². The minimum Gasteiger partial charge on any atom is -0.450 e. The van der Waals surface area contributed by atoms with E-state index < -0.39 is 22.5 Å². The summed E-state index contributed by atoms with van der Waals surface area (Å²) in [5.74, 6) is -0.376. The molecule has 0 bridgehead atoms. The van der Waals surface area contributed by atoms with Gasteiger partial charge in [0.1, 0.15) is 11.6 Å². The van der Waals surface area contributed by atoms with E-state index in [2.05, 4.69) is 0 Å². The molecule has 0 saturated carbocycles. The van der Waals surface area contributed by atoms with Crippen molar-refractivity contribution in [3.8, 4) is 11.5 Å². The highest BCUT2D eigenvalue weighted by Crippen LogP contribution is 2.32. The lowest BCUT2D eigenvalue weighted by Crippen LogP contribution is -1.95. The quantitative estimate of drug-likeness (QED) is 0.684. The lowest BCUT2D eigenvalue weighted by molar-refractivity contribution is -0.385. The van der Waals surface area contributed by atoms with Gasteiger partial charge in [-0.15, -0.1) is 0 Å². The molecule has 20 heavy (non-hydrogen) atoms. The van der Waals surface area contributed by atoms with Gasteiger partial charge in [0.2, 0.25) is 5.75 Å². The fraction of sp³-hybridized carbons (Fsp3) is 0.143. The zero-order chi connectivity index (χ0) is 14.7. The molecule has 2 aromatic carbocycles. The van der Waals surface area contributed by atoms with Crippen LogP contribution in [-0.4, -0.2) is 10.0 Å². The third-order valence-electron chi connectivity index (χ3n) is 2.71. The number of rotatable bonds is 4. The number of nitrogens with zero attached hydrogens (tertiary/aromatic N) is 1. The first-order valence-corrected chi connectivity index (χ1v) is 5.87. The van der Waals surface area contributed by atoms with Gasteiger partial charge in [0.05, 0.1) is 17.1 Å². The lowest BCUT2D eigenvalue weighted by atomic mass is 10.1. The van der Waals surface area contributed by atoms with E-state index in [4.69, 9.17) is 4.74 Å². The van der Waals surface area contributed by atoms with Gasteiger partial charge in [-0.3, -0.25) is 10.1 Å². The molecule has 0 spiro atoms. The van der Waals surface area contributed by atoms with Crippen LogP contribution < -0.4 is 4.74 Å².